The first kappa shape index (κ1) is 11.2. The summed E-state index contributed by atoms with van der Waals surface area (Å²) in [4.78, 5) is 0. The molecule has 0 spiro atoms. The van der Waals surface area contributed by atoms with Crippen molar-refractivity contribution in [1.29, 1.82) is 0 Å². The minimum Gasteiger partial charge on any atom is -0.296 e. The van der Waals surface area contributed by atoms with Gasteiger partial charge in [-0.05, 0) is 31.5 Å². The van der Waals surface area contributed by atoms with Crippen molar-refractivity contribution in [3.63, 3.8) is 0 Å². The predicted molar refractivity (Wildman–Crippen MR) is 63.8 cm³/mol. The van der Waals surface area contributed by atoms with E-state index in [0.29, 0.717) is 5.02 Å². The molecule has 82 valence electrons. The number of rotatable bonds is 1. The van der Waals surface area contributed by atoms with Crippen molar-refractivity contribution in [2.45, 2.75) is 24.8 Å². The SMILES string of the molecule is CC1(C)CSC(c2ccc(F)cc2Cl)N1. The topological polar surface area (TPSA) is 12.0 Å². The van der Waals surface area contributed by atoms with Gasteiger partial charge in [0.25, 0.3) is 0 Å². The Labute approximate surface area is 98.4 Å². The second-order valence-electron chi connectivity index (χ2n) is 4.39. The third-order valence-corrected chi connectivity index (χ3v) is 4.30. The van der Waals surface area contributed by atoms with Crippen molar-refractivity contribution in [1.82, 2.24) is 5.32 Å². The van der Waals surface area contributed by atoms with Gasteiger partial charge in [0, 0.05) is 16.3 Å². The summed E-state index contributed by atoms with van der Waals surface area (Å²) < 4.78 is 12.9. The lowest BCUT2D eigenvalue weighted by Crippen LogP contribution is -2.35. The maximum Gasteiger partial charge on any atom is 0.124 e. The predicted octanol–water partition coefficient (Wildman–Crippen LogP) is 3.59. The molecule has 4 heteroatoms. The molecule has 2 rings (SSSR count). The van der Waals surface area contributed by atoms with E-state index in [9.17, 15) is 4.39 Å². The smallest absolute Gasteiger partial charge is 0.124 e. The molecule has 0 aromatic heterocycles. The van der Waals surface area contributed by atoms with Crippen LogP contribution in [0.1, 0.15) is 24.8 Å². The van der Waals surface area contributed by atoms with E-state index in [1.54, 1.807) is 17.8 Å². The van der Waals surface area contributed by atoms with Crippen LogP contribution in [0.4, 0.5) is 4.39 Å². The molecule has 0 radical (unpaired) electrons. The molecule has 0 amide bonds. The third kappa shape index (κ3) is 2.47. The van der Waals surface area contributed by atoms with Crippen LogP contribution in [0.25, 0.3) is 0 Å². The molecule has 15 heavy (non-hydrogen) atoms. The lowest BCUT2D eigenvalue weighted by molar-refractivity contribution is 0.452. The highest BCUT2D eigenvalue weighted by Crippen LogP contribution is 2.39. The van der Waals surface area contributed by atoms with Crippen LogP contribution < -0.4 is 5.32 Å². The van der Waals surface area contributed by atoms with E-state index in [0.717, 1.165) is 11.3 Å². The summed E-state index contributed by atoms with van der Waals surface area (Å²) in [6.07, 6.45) is 0. The third-order valence-electron chi connectivity index (χ3n) is 2.38. The molecular formula is C11H13ClFNS. The molecule has 0 aliphatic carbocycles. The average Bonchev–Trinajstić information content (AvgIpc) is 2.46. The summed E-state index contributed by atoms with van der Waals surface area (Å²) in [5, 5.41) is 4.13. The Kier molecular flexibility index (Phi) is 2.97. The highest BCUT2D eigenvalue weighted by molar-refractivity contribution is 7.99. The summed E-state index contributed by atoms with van der Waals surface area (Å²) in [5.74, 6) is 0.747. The van der Waals surface area contributed by atoms with Crippen molar-refractivity contribution < 1.29 is 4.39 Å². The standard InChI is InChI=1S/C11H13ClFNS/c1-11(2)6-15-10(14-11)8-4-3-7(13)5-9(8)12/h3-5,10,14H,6H2,1-2H3. The average molecular weight is 246 g/mol. The van der Waals surface area contributed by atoms with Crippen molar-refractivity contribution >= 4 is 23.4 Å². The van der Waals surface area contributed by atoms with E-state index in [2.05, 4.69) is 19.2 Å². The Morgan fingerprint density at radius 2 is 2.27 bits per heavy atom. The maximum atomic E-state index is 12.9. The molecule has 1 N–H and O–H groups in total. The molecule has 1 aliphatic heterocycles. The molecule has 1 nitrogen and oxygen atoms in total. The molecule has 1 saturated heterocycles. The van der Waals surface area contributed by atoms with Crippen LogP contribution in [-0.2, 0) is 0 Å². The second kappa shape index (κ2) is 3.96. The summed E-state index contributed by atoms with van der Waals surface area (Å²) in [7, 11) is 0. The molecular weight excluding hydrogens is 233 g/mol. The minimum atomic E-state index is -0.286. The zero-order valence-electron chi connectivity index (χ0n) is 8.68. The zero-order valence-corrected chi connectivity index (χ0v) is 10.3. The minimum absolute atomic E-state index is 0.118. The van der Waals surface area contributed by atoms with Gasteiger partial charge in [-0.1, -0.05) is 17.7 Å². The van der Waals surface area contributed by atoms with Crippen LogP contribution >= 0.6 is 23.4 Å². The molecule has 0 bridgehead atoms. The first-order valence-electron chi connectivity index (χ1n) is 4.82. The Morgan fingerprint density at radius 1 is 1.53 bits per heavy atom. The number of halogens is 2. The first-order chi connectivity index (χ1) is 6.98. The Balaban J connectivity index is 2.24. The molecule has 1 aliphatic rings. The van der Waals surface area contributed by atoms with Crippen molar-refractivity contribution in [3.8, 4) is 0 Å². The monoisotopic (exact) mass is 245 g/mol. The van der Waals surface area contributed by atoms with Gasteiger partial charge in [0.15, 0.2) is 0 Å². The highest BCUT2D eigenvalue weighted by atomic mass is 35.5. The van der Waals surface area contributed by atoms with Crippen LogP contribution in [0.2, 0.25) is 5.02 Å². The zero-order chi connectivity index (χ0) is 11.1. The van der Waals surface area contributed by atoms with Gasteiger partial charge in [-0.3, -0.25) is 5.32 Å². The fourth-order valence-corrected chi connectivity index (χ4v) is 3.41. The summed E-state index contributed by atoms with van der Waals surface area (Å²) in [6.45, 7) is 4.30. The lowest BCUT2D eigenvalue weighted by Gasteiger charge is -2.19. The Morgan fingerprint density at radius 3 is 2.80 bits per heavy atom. The van der Waals surface area contributed by atoms with Crippen molar-refractivity contribution in [2.24, 2.45) is 0 Å². The molecule has 1 unspecified atom stereocenters. The van der Waals surface area contributed by atoms with Crippen LogP contribution in [0, 0.1) is 5.82 Å². The molecule has 1 heterocycles. The molecule has 0 saturated carbocycles. The van der Waals surface area contributed by atoms with E-state index in [-0.39, 0.29) is 16.7 Å². The number of nitrogens with one attached hydrogen (secondary N) is 1. The molecule has 1 aromatic carbocycles. The van der Waals surface area contributed by atoms with Gasteiger partial charge >= 0.3 is 0 Å². The first-order valence-corrected chi connectivity index (χ1v) is 6.25. The van der Waals surface area contributed by atoms with Gasteiger partial charge in [0.05, 0.1) is 5.37 Å². The molecule has 1 atom stereocenters. The quantitative estimate of drug-likeness (QED) is 0.812. The van der Waals surface area contributed by atoms with E-state index >= 15 is 0 Å². The normalized spacial score (nSPS) is 24.4. The largest absolute Gasteiger partial charge is 0.296 e. The van der Waals surface area contributed by atoms with Gasteiger partial charge in [-0.2, -0.15) is 0 Å². The highest BCUT2D eigenvalue weighted by Gasteiger charge is 2.32. The van der Waals surface area contributed by atoms with Gasteiger partial charge < -0.3 is 0 Å². The fourth-order valence-electron chi connectivity index (χ4n) is 1.61. The van der Waals surface area contributed by atoms with Gasteiger partial charge in [-0.15, -0.1) is 11.8 Å². The lowest BCUT2D eigenvalue weighted by atomic mass is 10.1. The van der Waals surface area contributed by atoms with Crippen molar-refractivity contribution in [2.75, 3.05) is 5.75 Å². The van der Waals surface area contributed by atoms with Crippen LogP contribution in [0.3, 0.4) is 0 Å². The van der Waals surface area contributed by atoms with Crippen molar-refractivity contribution in [3.05, 3.63) is 34.6 Å². The Hall–Kier alpha value is -0.250. The van der Waals surface area contributed by atoms with Crippen LogP contribution in [0.5, 0.6) is 0 Å². The maximum absolute atomic E-state index is 12.9. The fraction of sp³-hybridized carbons (Fsp3) is 0.455. The van der Waals surface area contributed by atoms with Crippen LogP contribution in [-0.4, -0.2) is 11.3 Å². The number of thioether (sulfide) groups is 1. The number of hydrogen-bond donors (Lipinski definition) is 1. The molecule has 1 fully saturated rings. The summed E-state index contributed by atoms with van der Waals surface area (Å²) >= 11 is 7.81. The van der Waals surface area contributed by atoms with Gasteiger partial charge in [0.1, 0.15) is 5.82 Å². The summed E-state index contributed by atoms with van der Waals surface area (Å²) in [6, 6.07) is 4.57. The van der Waals surface area contributed by atoms with Crippen LogP contribution in [0.15, 0.2) is 18.2 Å². The van der Waals surface area contributed by atoms with E-state index in [1.165, 1.54) is 12.1 Å². The van der Waals surface area contributed by atoms with Gasteiger partial charge in [-0.25, -0.2) is 4.39 Å². The summed E-state index contributed by atoms with van der Waals surface area (Å²) in [5.41, 5.74) is 1.08. The van der Waals surface area contributed by atoms with E-state index in [4.69, 9.17) is 11.6 Å². The van der Waals surface area contributed by atoms with E-state index < -0.39 is 0 Å². The number of hydrogen-bond acceptors (Lipinski definition) is 2. The number of benzene rings is 1. The van der Waals surface area contributed by atoms with E-state index in [1.807, 2.05) is 0 Å². The second-order valence-corrected chi connectivity index (χ2v) is 5.89. The van der Waals surface area contributed by atoms with Gasteiger partial charge in [0.2, 0.25) is 0 Å². The molecule has 1 aromatic rings. The Bertz CT molecular complexity index is 381.